The van der Waals surface area contributed by atoms with E-state index in [1.54, 1.807) is 30.3 Å². The average Bonchev–Trinajstić information content (AvgIpc) is 2.60. The Balaban J connectivity index is 1.83. The van der Waals surface area contributed by atoms with E-state index in [0.717, 1.165) is 17.5 Å². The van der Waals surface area contributed by atoms with Gasteiger partial charge in [-0.2, -0.15) is 0 Å². The zero-order valence-electron chi connectivity index (χ0n) is 14.4. The molecule has 6 nitrogen and oxygen atoms in total. The molecule has 7 heteroatoms. The Hall–Kier alpha value is -2.09. The molecular weight excluding hydrogens is 402 g/mol. The van der Waals surface area contributed by atoms with Gasteiger partial charge in [0, 0.05) is 6.04 Å². The highest BCUT2D eigenvalue weighted by Crippen LogP contribution is 2.26. The number of rotatable bonds is 9. The highest BCUT2D eigenvalue weighted by Gasteiger charge is 2.15. The Labute approximate surface area is 160 Å². The Morgan fingerprint density at radius 2 is 1.92 bits per heavy atom. The number of carboxylic acids is 1. The van der Waals surface area contributed by atoms with Gasteiger partial charge in [0.05, 0.1) is 10.6 Å². The number of ether oxygens (including phenoxy) is 1. The third kappa shape index (κ3) is 6.01. The minimum atomic E-state index is -1.02. The number of carboxylic acid groups (broad SMARTS) is 1. The second-order valence-electron chi connectivity index (χ2n) is 5.98. The summed E-state index contributed by atoms with van der Waals surface area (Å²) in [5.74, 6) is -0.366. The molecule has 0 unspecified atom stereocenters. The van der Waals surface area contributed by atoms with Crippen LogP contribution in [0, 0.1) is 0 Å². The van der Waals surface area contributed by atoms with Crippen LogP contribution in [0.4, 0.5) is 0 Å². The number of aromatic hydroxyl groups is 1. The van der Waals surface area contributed by atoms with E-state index in [4.69, 9.17) is 9.84 Å². The fourth-order valence-corrected chi connectivity index (χ4v) is 3.01. The van der Waals surface area contributed by atoms with Crippen molar-refractivity contribution in [2.24, 2.45) is 0 Å². The van der Waals surface area contributed by atoms with Crippen LogP contribution in [0.3, 0.4) is 0 Å². The van der Waals surface area contributed by atoms with Crippen molar-refractivity contribution in [3.8, 4) is 11.5 Å². The highest BCUT2D eigenvalue weighted by atomic mass is 79.9. The van der Waals surface area contributed by atoms with Gasteiger partial charge in [0.2, 0.25) is 0 Å². The molecule has 140 valence electrons. The van der Waals surface area contributed by atoms with Crippen LogP contribution in [0.2, 0.25) is 0 Å². The first-order valence-electron chi connectivity index (χ1n) is 8.20. The van der Waals surface area contributed by atoms with Crippen molar-refractivity contribution in [2.45, 2.75) is 25.5 Å². The number of hydrogen-bond acceptors (Lipinski definition) is 5. The summed E-state index contributed by atoms with van der Waals surface area (Å²) in [7, 11) is 0. The molecule has 2 atom stereocenters. The lowest BCUT2D eigenvalue weighted by Gasteiger charge is -2.21. The number of aliphatic hydroxyl groups excluding tert-OH is 1. The van der Waals surface area contributed by atoms with Crippen LogP contribution in [-0.4, -0.2) is 40.5 Å². The first kappa shape index (κ1) is 20.2. The van der Waals surface area contributed by atoms with Gasteiger partial charge in [-0.3, -0.25) is 0 Å². The third-order valence-electron chi connectivity index (χ3n) is 3.94. The van der Waals surface area contributed by atoms with E-state index in [-0.39, 0.29) is 18.4 Å². The molecule has 0 saturated carbocycles. The van der Waals surface area contributed by atoms with Gasteiger partial charge in [0.15, 0.2) is 6.61 Å². The van der Waals surface area contributed by atoms with Crippen molar-refractivity contribution in [1.82, 2.24) is 5.32 Å². The molecule has 0 saturated heterocycles. The average molecular weight is 424 g/mol. The molecule has 0 aliphatic rings. The minimum Gasteiger partial charge on any atom is -0.508 e. The van der Waals surface area contributed by atoms with E-state index in [1.165, 1.54) is 0 Å². The highest BCUT2D eigenvalue weighted by molar-refractivity contribution is 9.10. The monoisotopic (exact) mass is 423 g/mol. The molecule has 2 rings (SSSR count). The number of halogens is 1. The maximum Gasteiger partial charge on any atom is 0.341 e. The number of nitrogens with one attached hydrogen (secondary N) is 1. The van der Waals surface area contributed by atoms with Crippen molar-refractivity contribution in [3.05, 3.63) is 58.1 Å². The number of phenols is 1. The summed E-state index contributed by atoms with van der Waals surface area (Å²) in [6, 6.07) is 11.9. The summed E-state index contributed by atoms with van der Waals surface area (Å²) in [4.78, 5) is 10.5. The summed E-state index contributed by atoms with van der Waals surface area (Å²) < 4.78 is 5.87. The van der Waals surface area contributed by atoms with E-state index >= 15 is 0 Å². The molecule has 2 aromatic rings. The van der Waals surface area contributed by atoms with E-state index in [1.807, 2.05) is 19.1 Å². The van der Waals surface area contributed by atoms with E-state index < -0.39 is 12.1 Å². The Kier molecular flexibility index (Phi) is 7.44. The van der Waals surface area contributed by atoms with Gasteiger partial charge < -0.3 is 25.4 Å². The zero-order chi connectivity index (χ0) is 19.1. The fraction of sp³-hybridized carbons (Fsp3) is 0.316. The number of aliphatic hydroxyl groups is 1. The van der Waals surface area contributed by atoms with Crippen LogP contribution in [0.25, 0.3) is 0 Å². The lowest BCUT2D eigenvalue weighted by molar-refractivity contribution is -0.139. The van der Waals surface area contributed by atoms with Crippen LogP contribution >= 0.6 is 15.9 Å². The molecule has 0 radical (unpaired) electrons. The normalized spacial score (nSPS) is 13.2. The van der Waals surface area contributed by atoms with Crippen molar-refractivity contribution in [2.75, 3.05) is 13.2 Å². The maximum absolute atomic E-state index is 10.5. The maximum atomic E-state index is 10.5. The van der Waals surface area contributed by atoms with Crippen molar-refractivity contribution >= 4 is 21.9 Å². The van der Waals surface area contributed by atoms with Gasteiger partial charge in [-0.05, 0) is 71.2 Å². The number of phenolic OH excluding ortho intramolecular Hbond substituents is 1. The molecule has 0 aliphatic carbocycles. The summed E-state index contributed by atoms with van der Waals surface area (Å²) in [6.45, 7) is 2.18. The second kappa shape index (κ2) is 9.56. The SMILES string of the molecule is C[C@H](NCCc1ccc(OCC(=O)O)c(Br)c1)[C@H](O)c1ccc(O)cc1. The smallest absolute Gasteiger partial charge is 0.341 e. The zero-order valence-corrected chi connectivity index (χ0v) is 15.9. The number of carbonyl (C=O) groups is 1. The van der Waals surface area contributed by atoms with Gasteiger partial charge >= 0.3 is 5.97 Å². The van der Waals surface area contributed by atoms with Crippen LogP contribution in [-0.2, 0) is 11.2 Å². The molecule has 0 amide bonds. The lowest BCUT2D eigenvalue weighted by Crippen LogP contribution is -2.33. The predicted octanol–water partition coefficient (Wildman–Crippen LogP) is 2.87. The molecule has 4 N–H and O–H groups in total. The van der Waals surface area contributed by atoms with Gasteiger partial charge in [0.25, 0.3) is 0 Å². The first-order chi connectivity index (χ1) is 12.4. The van der Waals surface area contributed by atoms with Crippen LogP contribution in [0.15, 0.2) is 46.9 Å². The molecule has 0 bridgehead atoms. The molecule has 0 aromatic heterocycles. The Morgan fingerprint density at radius 1 is 1.23 bits per heavy atom. The molecule has 0 spiro atoms. The van der Waals surface area contributed by atoms with Crippen LogP contribution in [0.5, 0.6) is 11.5 Å². The van der Waals surface area contributed by atoms with Gasteiger partial charge in [0.1, 0.15) is 11.5 Å². The summed E-state index contributed by atoms with van der Waals surface area (Å²) in [5.41, 5.74) is 1.80. The quantitative estimate of drug-likeness (QED) is 0.494. The molecule has 0 aliphatic heterocycles. The lowest BCUT2D eigenvalue weighted by atomic mass is 10.0. The Bertz CT molecular complexity index is 735. The van der Waals surface area contributed by atoms with E-state index in [9.17, 15) is 15.0 Å². The third-order valence-corrected chi connectivity index (χ3v) is 4.56. The summed E-state index contributed by atoms with van der Waals surface area (Å²) >= 11 is 3.38. The standard InChI is InChI=1S/C19H22BrNO5/c1-12(19(25)14-3-5-15(22)6-4-14)21-9-8-13-2-7-17(16(20)10-13)26-11-18(23)24/h2-7,10,12,19,21-22,25H,8-9,11H2,1H3,(H,23,24)/t12-,19-/m0/s1. The molecule has 0 heterocycles. The second-order valence-corrected chi connectivity index (χ2v) is 6.83. The first-order valence-corrected chi connectivity index (χ1v) is 8.99. The van der Waals surface area contributed by atoms with Crippen LogP contribution in [0.1, 0.15) is 24.2 Å². The van der Waals surface area contributed by atoms with Crippen LogP contribution < -0.4 is 10.1 Å². The van der Waals surface area contributed by atoms with Crippen molar-refractivity contribution in [1.29, 1.82) is 0 Å². The minimum absolute atomic E-state index is 0.152. The predicted molar refractivity (Wildman–Crippen MR) is 102 cm³/mol. The van der Waals surface area contributed by atoms with Gasteiger partial charge in [-0.1, -0.05) is 18.2 Å². The number of benzene rings is 2. The Morgan fingerprint density at radius 3 is 2.54 bits per heavy atom. The summed E-state index contributed by atoms with van der Waals surface area (Å²) in [5, 5.41) is 31.6. The summed E-state index contributed by atoms with van der Waals surface area (Å²) in [6.07, 6.45) is 0.0684. The van der Waals surface area contributed by atoms with E-state index in [0.29, 0.717) is 16.8 Å². The van der Waals surface area contributed by atoms with Gasteiger partial charge in [-0.25, -0.2) is 4.79 Å². The fourth-order valence-electron chi connectivity index (χ4n) is 2.47. The topological polar surface area (TPSA) is 99.0 Å². The van der Waals surface area contributed by atoms with Crippen molar-refractivity contribution in [3.63, 3.8) is 0 Å². The largest absolute Gasteiger partial charge is 0.508 e. The number of aliphatic carboxylic acids is 1. The van der Waals surface area contributed by atoms with Crippen molar-refractivity contribution < 1.29 is 24.9 Å². The molecule has 2 aromatic carbocycles. The number of hydrogen-bond donors (Lipinski definition) is 4. The van der Waals surface area contributed by atoms with Gasteiger partial charge in [-0.15, -0.1) is 0 Å². The molecule has 26 heavy (non-hydrogen) atoms. The molecule has 0 fully saturated rings. The van der Waals surface area contributed by atoms with E-state index in [2.05, 4.69) is 21.2 Å². The molecular formula is C19H22BrNO5.